The number of halogens is 2. The molecule has 1 N–H and O–H groups in total. The number of amides is 1. The molecule has 0 unspecified atom stereocenters. The fourth-order valence-corrected chi connectivity index (χ4v) is 5.72. The Labute approximate surface area is 209 Å². The molecular formula is C27H28ClFN4O2. The van der Waals surface area contributed by atoms with E-state index in [1.54, 1.807) is 23.1 Å². The minimum absolute atomic E-state index is 0.0116. The van der Waals surface area contributed by atoms with Crippen LogP contribution in [0.2, 0.25) is 5.02 Å². The Balaban J connectivity index is 1.55. The van der Waals surface area contributed by atoms with Crippen molar-refractivity contribution in [3.05, 3.63) is 76.3 Å². The first-order chi connectivity index (χ1) is 16.9. The third-order valence-electron chi connectivity index (χ3n) is 7.30. The summed E-state index contributed by atoms with van der Waals surface area (Å²) in [6, 6.07) is 9.58. The second-order valence-electron chi connectivity index (χ2n) is 9.30. The van der Waals surface area contributed by atoms with Crippen LogP contribution in [0.3, 0.4) is 0 Å². The normalized spacial score (nSPS) is 22.6. The number of allylic oxidation sites excluding steroid dienone is 1. The van der Waals surface area contributed by atoms with Crippen molar-refractivity contribution in [2.24, 2.45) is 5.92 Å². The Morgan fingerprint density at radius 2 is 1.94 bits per heavy atom. The van der Waals surface area contributed by atoms with Crippen molar-refractivity contribution in [1.82, 2.24) is 14.9 Å². The lowest BCUT2D eigenvalue weighted by molar-refractivity contribution is -0.126. The summed E-state index contributed by atoms with van der Waals surface area (Å²) in [6.07, 6.45) is 4.62. The van der Waals surface area contributed by atoms with Crippen molar-refractivity contribution in [2.75, 3.05) is 31.1 Å². The Morgan fingerprint density at radius 1 is 1.20 bits per heavy atom. The Bertz CT molecular complexity index is 1310. The summed E-state index contributed by atoms with van der Waals surface area (Å²) < 4.78 is 16.2. The maximum absolute atomic E-state index is 16.2. The molecule has 1 aliphatic carbocycles. The van der Waals surface area contributed by atoms with Gasteiger partial charge in [0.15, 0.2) is 5.82 Å². The van der Waals surface area contributed by atoms with E-state index < -0.39 is 11.9 Å². The zero-order valence-corrected chi connectivity index (χ0v) is 20.5. The first-order valence-electron chi connectivity index (χ1n) is 12.0. The molecule has 1 amide bonds. The van der Waals surface area contributed by atoms with Gasteiger partial charge in [-0.3, -0.25) is 4.79 Å². The summed E-state index contributed by atoms with van der Waals surface area (Å²) >= 11 is 6.78. The van der Waals surface area contributed by atoms with Gasteiger partial charge in [-0.1, -0.05) is 48.9 Å². The van der Waals surface area contributed by atoms with E-state index in [9.17, 15) is 9.90 Å². The van der Waals surface area contributed by atoms with E-state index in [1.165, 1.54) is 6.33 Å². The lowest BCUT2D eigenvalue weighted by atomic mass is 9.71. The summed E-state index contributed by atoms with van der Waals surface area (Å²) in [6.45, 7) is 6.02. The number of carbonyl (C=O) groups excluding carboxylic acids is 1. The quantitative estimate of drug-likeness (QED) is 0.549. The molecule has 3 atom stereocenters. The molecule has 2 heterocycles. The van der Waals surface area contributed by atoms with E-state index in [1.807, 2.05) is 43.0 Å². The van der Waals surface area contributed by atoms with E-state index in [-0.39, 0.29) is 23.3 Å². The molecule has 35 heavy (non-hydrogen) atoms. The molecule has 2 aromatic carbocycles. The molecule has 0 radical (unpaired) electrons. The van der Waals surface area contributed by atoms with Crippen LogP contribution >= 0.6 is 11.6 Å². The zero-order valence-electron chi connectivity index (χ0n) is 19.8. The second kappa shape index (κ2) is 9.55. The van der Waals surface area contributed by atoms with Gasteiger partial charge >= 0.3 is 0 Å². The molecule has 3 aromatic rings. The van der Waals surface area contributed by atoms with Gasteiger partial charge in [-0.15, -0.1) is 0 Å². The highest BCUT2D eigenvalue weighted by molar-refractivity contribution is 6.32. The number of hydrogen-bond acceptors (Lipinski definition) is 5. The number of carbonyl (C=O) groups is 1. The number of aromatic nitrogens is 2. The van der Waals surface area contributed by atoms with Gasteiger partial charge in [0.1, 0.15) is 17.7 Å². The number of aliphatic hydroxyl groups is 1. The number of rotatable bonds is 3. The van der Waals surface area contributed by atoms with Crippen molar-refractivity contribution >= 4 is 34.2 Å². The summed E-state index contributed by atoms with van der Waals surface area (Å²) in [5.41, 5.74) is 2.57. The van der Waals surface area contributed by atoms with E-state index in [2.05, 4.69) is 9.97 Å². The van der Waals surface area contributed by atoms with Gasteiger partial charge in [0.05, 0.1) is 6.10 Å². The first-order valence-corrected chi connectivity index (χ1v) is 12.3. The van der Waals surface area contributed by atoms with Gasteiger partial charge in [-0.25, -0.2) is 14.4 Å². The largest absolute Gasteiger partial charge is 0.392 e. The number of piperazine rings is 1. The second-order valence-corrected chi connectivity index (χ2v) is 9.71. The van der Waals surface area contributed by atoms with Gasteiger partial charge in [0, 0.05) is 48.1 Å². The fourth-order valence-electron chi connectivity index (χ4n) is 5.41. The van der Waals surface area contributed by atoms with Crippen LogP contribution in [0.25, 0.3) is 10.9 Å². The molecule has 1 aromatic heterocycles. The van der Waals surface area contributed by atoms with Crippen LogP contribution in [0.15, 0.2) is 48.8 Å². The van der Waals surface area contributed by atoms with E-state index in [0.29, 0.717) is 54.4 Å². The number of benzene rings is 2. The number of nitrogens with zero attached hydrogens (tertiary/aromatic N) is 4. The number of aliphatic hydroxyl groups excluding tert-OH is 1. The smallest absolute Gasteiger partial charge is 0.246 e. The van der Waals surface area contributed by atoms with Gasteiger partial charge in [0.2, 0.25) is 5.91 Å². The standard InChI is InChI=1S/C27H28ClFN4O2/c1-3-6-22(35)32-9-11-33(12-10-32)27-19-14-20(28)24(25(29)26(19)30-15-31-27)23-16(2)21(34)13-17-7-4-5-8-18(17)23/h3-8,14-16,21,23,34H,9-13H2,1-2H3/b6-3+/t16-,21-,23-/m0/s1. The minimum atomic E-state index is -0.594. The highest BCUT2D eigenvalue weighted by Crippen LogP contribution is 2.46. The maximum Gasteiger partial charge on any atom is 0.246 e. The maximum atomic E-state index is 16.2. The molecule has 8 heteroatoms. The molecule has 6 nitrogen and oxygen atoms in total. The molecule has 5 rings (SSSR count). The van der Waals surface area contributed by atoms with E-state index in [0.717, 1.165) is 11.1 Å². The topological polar surface area (TPSA) is 69.6 Å². The number of anilines is 1. The molecule has 0 spiro atoms. The van der Waals surface area contributed by atoms with Crippen LogP contribution in [0.4, 0.5) is 10.2 Å². The van der Waals surface area contributed by atoms with Crippen LogP contribution in [0.5, 0.6) is 0 Å². The molecule has 182 valence electrons. The van der Waals surface area contributed by atoms with Crippen LogP contribution in [-0.2, 0) is 11.2 Å². The minimum Gasteiger partial charge on any atom is -0.392 e. The van der Waals surface area contributed by atoms with Crippen molar-refractivity contribution in [3.8, 4) is 0 Å². The van der Waals surface area contributed by atoms with Crippen molar-refractivity contribution < 1.29 is 14.3 Å². The SMILES string of the molecule is C/C=C/C(=O)N1CCN(c2ncnc3c(F)c([C@@H]4c5ccccc5C[C@H](O)[C@@H]4C)c(Cl)cc23)CC1. The van der Waals surface area contributed by atoms with Crippen molar-refractivity contribution in [1.29, 1.82) is 0 Å². The summed E-state index contributed by atoms with van der Waals surface area (Å²) in [5.74, 6) is -0.469. The van der Waals surface area contributed by atoms with Gasteiger partial charge in [0.25, 0.3) is 0 Å². The monoisotopic (exact) mass is 494 g/mol. The molecule has 0 saturated carbocycles. The van der Waals surface area contributed by atoms with Crippen LogP contribution in [0, 0.1) is 11.7 Å². The molecular weight excluding hydrogens is 467 g/mol. The van der Waals surface area contributed by atoms with E-state index >= 15 is 4.39 Å². The first kappa shape index (κ1) is 23.7. The molecule has 1 aliphatic heterocycles. The van der Waals surface area contributed by atoms with Crippen LogP contribution < -0.4 is 4.90 Å². The molecule has 1 fully saturated rings. The number of hydrogen-bond donors (Lipinski definition) is 1. The van der Waals surface area contributed by atoms with Gasteiger partial charge < -0.3 is 14.9 Å². The Morgan fingerprint density at radius 3 is 2.69 bits per heavy atom. The van der Waals surface area contributed by atoms with Gasteiger partial charge in [-0.05, 0) is 42.5 Å². The lowest BCUT2D eigenvalue weighted by Gasteiger charge is -2.37. The van der Waals surface area contributed by atoms with Crippen molar-refractivity contribution in [3.63, 3.8) is 0 Å². The van der Waals surface area contributed by atoms with Crippen molar-refractivity contribution in [2.45, 2.75) is 32.3 Å². The summed E-state index contributed by atoms with van der Waals surface area (Å²) in [7, 11) is 0. The average Bonchev–Trinajstić information content (AvgIpc) is 2.86. The third-order valence-corrected chi connectivity index (χ3v) is 7.61. The highest BCUT2D eigenvalue weighted by atomic mass is 35.5. The third kappa shape index (κ3) is 4.17. The lowest BCUT2D eigenvalue weighted by Crippen LogP contribution is -2.48. The van der Waals surface area contributed by atoms with Gasteiger partial charge in [-0.2, -0.15) is 0 Å². The molecule has 1 saturated heterocycles. The van der Waals surface area contributed by atoms with Crippen LogP contribution in [-0.4, -0.2) is 58.2 Å². The van der Waals surface area contributed by atoms with Crippen LogP contribution in [0.1, 0.15) is 36.5 Å². The molecule has 2 aliphatic rings. The predicted octanol–water partition coefficient (Wildman–Crippen LogP) is 4.33. The predicted molar refractivity (Wildman–Crippen MR) is 135 cm³/mol. The fraction of sp³-hybridized carbons (Fsp3) is 0.370. The zero-order chi connectivity index (χ0) is 24.7. The number of fused-ring (bicyclic) bond motifs is 2. The Hall–Kier alpha value is -3.03. The summed E-state index contributed by atoms with van der Waals surface area (Å²) in [4.78, 5) is 24.8. The average molecular weight is 495 g/mol. The molecule has 0 bridgehead atoms. The van der Waals surface area contributed by atoms with E-state index in [4.69, 9.17) is 11.6 Å². The highest BCUT2D eigenvalue weighted by Gasteiger charge is 2.37. The Kier molecular flexibility index (Phi) is 6.47. The summed E-state index contributed by atoms with van der Waals surface area (Å²) in [5, 5.41) is 11.6.